The Kier molecular flexibility index (Phi) is 8.88. The number of carbonyl (C=O) groups excluding carboxylic acids is 2. The minimum Gasteiger partial charge on any atom is -0.469 e. The molecule has 0 aromatic heterocycles. The van der Waals surface area contributed by atoms with Gasteiger partial charge in [0.05, 0.1) is 24.7 Å². The third-order valence-electron chi connectivity index (χ3n) is 10.3. The summed E-state index contributed by atoms with van der Waals surface area (Å²) in [6.45, 7) is 17.8. The lowest BCUT2D eigenvalue weighted by molar-refractivity contribution is -0.168. The first-order valence-corrected chi connectivity index (χ1v) is 14.5. The zero-order valence-electron chi connectivity index (χ0n) is 24.2. The molecule has 0 unspecified atom stereocenters. The second-order valence-corrected chi connectivity index (χ2v) is 14.2. The molecule has 4 heteroatoms. The molecule has 0 heterocycles. The molecule has 3 aliphatic rings. The van der Waals surface area contributed by atoms with E-state index >= 15 is 0 Å². The fraction of sp³-hybridized carbons (Fsp3) is 0.935. The van der Waals surface area contributed by atoms with E-state index < -0.39 is 5.41 Å². The second-order valence-electron chi connectivity index (χ2n) is 14.2. The van der Waals surface area contributed by atoms with Gasteiger partial charge >= 0.3 is 5.97 Å². The van der Waals surface area contributed by atoms with Crippen molar-refractivity contribution in [3.05, 3.63) is 0 Å². The van der Waals surface area contributed by atoms with E-state index in [1.54, 1.807) is 0 Å². The summed E-state index contributed by atoms with van der Waals surface area (Å²) >= 11 is 0. The number of hydrogen-bond acceptors (Lipinski definition) is 4. The predicted octanol–water partition coefficient (Wildman–Crippen LogP) is 7.62. The quantitative estimate of drug-likeness (QED) is 0.328. The van der Waals surface area contributed by atoms with E-state index in [1.807, 2.05) is 0 Å². The molecule has 3 fully saturated rings. The van der Waals surface area contributed by atoms with Crippen molar-refractivity contribution in [1.29, 1.82) is 0 Å². The van der Waals surface area contributed by atoms with Crippen molar-refractivity contribution in [1.82, 2.24) is 0 Å². The first kappa shape index (κ1) is 28.7. The lowest BCUT2D eigenvalue weighted by atomic mass is 9.50. The Morgan fingerprint density at radius 2 is 1.69 bits per heavy atom. The Hall–Kier alpha value is -0.900. The van der Waals surface area contributed by atoms with Crippen molar-refractivity contribution < 1.29 is 19.1 Å². The SMILES string of the molecule is COC(=O)[C@@H]1[C@@H]2CC[C@H]([C@@H](C)CCCC(C)C)[C@@]2(C)CC[C@@H]1[C@@]1(C)CC[C@H](OC(C)(C)C)CC1=O. The van der Waals surface area contributed by atoms with Gasteiger partial charge in [-0.2, -0.15) is 0 Å². The van der Waals surface area contributed by atoms with Crippen LogP contribution in [-0.2, 0) is 19.1 Å². The van der Waals surface area contributed by atoms with Crippen molar-refractivity contribution in [2.45, 2.75) is 131 Å². The van der Waals surface area contributed by atoms with Gasteiger partial charge in [0.25, 0.3) is 0 Å². The van der Waals surface area contributed by atoms with Crippen LogP contribution in [0.15, 0.2) is 0 Å². The molecule has 0 N–H and O–H groups in total. The summed E-state index contributed by atoms with van der Waals surface area (Å²) in [4.78, 5) is 27.0. The Morgan fingerprint density at radius 3 is 2.26 bits per heavy atom. The minimum absolute atomic E-state index is 0.0106. The monoisotopic (exact) mass is 490 g/mol. The number of hydrogen-bond donors (Lipinski definition) is 0. The van der Waals surface area contributed by atoms with Crippen LogP contribution in [0.5, 0.6) is 0 Å². The molecule has 0 aromatic rings. The molecular formula is C31H54O4. The topological polar surface area (TPSA) is 52.6 Å². The van der Waals surface area contributed by atoms with E-state index in [2.05, 4.69) is 55.4 Å². The van der Waals surface area contributed by atoms with Crippen LogP contribution in [0.3, 0.4) is 0 Å². The highest BCUT2D eigenvalue weighted by molar-refractivity contribution is 5.87. The largest absolute Gasteiger partial charge is 0.469 e. The normalized spacial score (nSPS) is 38.9. The van der Waals surface area contributed by atoms with Gasteiger partial charge in [-0.15, -0.1) is 0 Å². The Bertz CT molecular complexity index is 752. The third kappa shape index (κ3) is 5.99. The van der Waals surface area contributed by atoms with Crippen LogP contribution in [0.2, 0.25) is 0 Å². The molecule has 202 valence electrons. The van der Waals surface area contributed by atoms with Gasteiger partial charge in [0.1, 0.15) is 5.78 Å². The molecule has 0 spiro atoms. The Balaban J connectivity index is 1.79. The summed E-state index contributed by atoms with van der Waals surface area (Å²) in [6, 6.07) is 0. The zero-order valence-corrected chi connectivity index (χ0v) is 24.2. The minimum atomic E-state index is -0.459. The second kappa shape index (κ2) is 10.8. The van der Waals surface area contributed by atoms with E-state index in [0.717, 1.165) is 38.0 Å². The molecule has 0 bridgehead atoms. The molecule has 0 amide bonds. The molecular weight excluding hydrogens is 436 g/mol. The van der Waals surface area contributed by atoms with Crippen LogP contribution in [0.25, 0.3) is 0 Å². The van der Waals surface area contributed by atoms with E-state index in [4.69, 9.17) is 9.47 Å². The summed E-state index contributed by atoms with van der Waals surface area (Å²) in [5.41, 5.74) is -0.540. The van der Waals surface area contributed by atoms with Gasteiger partial charge in [-0.3, -0.25) is 9.59 Å². The molecule has 0 radical (unpaired) electrons. The lowest BCUT2D eigenvalue weighted by Crippen LogP contribution is -2.54. The molecule has 0 aliphatic heterocycles. The smallest absolute Gasteiger partial charge is 0.309 e. The van der Waals surface area contributed by atoms with Gasteiger partial charge in [0, 0.05) is 11.8 Å². The van der Waals surface area contributed by atoms with Crippen LogP contribution in [0, 0.1) is 46.3 Å². The number of carbonyl (C=O) groups is 2. The fourth-order valence-electron chi connectivity index (χ4n) is 8.48. The molecule has 35 heavy (non-hydrogen) atoms. The van der Waals surface area contributed by atoms with Gasteiger partial charge in [0.15, 0.2) is 0 Å². The van der Waals surface area contributed by atoms with Crippen molar-refractivity contribution in [2.75, 3.05) is 7.11 Å². The third-order valence-corrected chi connectivity index (χ3v) is 10.3. The first-order chi connectivity index (χ1) is 16.2. The van der Waals surface area contributed by atoms with E-state index in [9.17, 15) is 9.59 Å². The molecule has 0 saturated heterocycles. The highest BCUT2D eigenvalue weighted by atomic mass is 16.5. The van der Waals surface area contributed by atoms with E-state index in [1.165, 1.54) is 32.8 Å². The van der Waals surface area contributed by atoms with E-state index in [-0.39, 0.29) is 40.7 Å². The van der Waals surface area contributed by atoms with Crippen LogP contribution < -0.4 is 0 Å². The van der Waals surface area contributed by atoms with Crippen LogP contribution >= 0.6 is 0 Å². The van der Waals surface area contributed by atoms with Gasteiger partial charge in [-0.1, -0.05) is 53.9 Å². The van der Waals surface area contributed by atoms with Crippen LogP contribution in [-0.4, -0.2) is 30.6 Å². The molecule has 3 saturated carbocycles. The molecule has 3 rings (SSSR count). The van der Waals surface area contributed by atoms with Gasteiger partial charge in [0.2, 0.25) is 0 Å². The molecule has 4 nitrogen and oxygen atoms in total. The summed E-state index contributed by atoms with van der Waals surface area (Å²) in [6.07, 6.45) is 10.4. The van der Waals surface area contributed by atoms with Crippen molar-refractivity contribution >= 4 is 11.8 Å². The predicted molar refractivity (Wildman–Crippen MR) is 142 cm³/mol. The van der Waals surface area contributed by atoms with E-state index in [0.29, 0.717) is 24.2 Å². The average molecular weight is 491 g/mol. The van der Waals surface area contributed by atoms with Gasteiger partial charge < -0.3 is 9.47 Å². The van der Waals surface area contributed by atoms with Gasteiger partial charge in [-0.05, 0) is 94.3 Å². The maximum atomic E-state index is 13.7. The number of rotatable bonds is 8. The number of esters is 1. The standard InChI is InChI=1S/C31H54O4/c1-20(2)11-10-12-21(3)23-13-14-24-27(28(33)34-9)25(16-18-30(23,24)7)31(8)17-15-22(19-26(31)32)35-29(4,5)6/h20-25,27H,10-19H2,1-9H3/t21-,22-,23+,24-,25-,27+,30+,31+/m0/s1. The van der Waals surface area contributed by atoms with Crippen molar-refractivity contribution in [3.63, 3.8) is 0 Å². The van der Waals surface area contributed by atoms with Crippen molar-refractivity contribution in [3.8, 4) is 0 Å². The van der Waals surface area contributed by atoms with Crippen LogP contribution in [0.1, 0.15) is 120 Å². The number of fused-ring (bicyclic) bond motifs is 1. The number of ketones is 1. The van der Waals surface area contributed by atoms with Gasteiger partial charge in [-0.25, -0.2) is 0 Å². The Morgan fingerprint density at radius 1 is 1.00 bits per heavy atom. The summed E-state index contributed by atoms with van der Waals surface area (Å²) in [5, 5.41) is 0. The number of methoxy groups -OCH3 is 1. The average Bonchev–Trinajstić information content (AvgIpc) is 3.11. The summed E-state index contributed by atoms with van der Waals surface area (Å²) in [7, 11) is 1.53. The van der Waals surface area contributed by atoms with Crippen molar-refractivity contribution in [2.24, 2.45) is 46.3 Å². The summed E-state index contributed by atoms with van der Waals surface area (Å²) < 4.78 is 11.6. The highest BCUT2D eigenvalue weighted by Gasteiger charge is 2.61. The number of Topliss-reactive ketones (excluding diaryl/α,β-unsaturated/α-hetero) is 1. The molecule has 3 aliphatic carbocycles. The maximum Gasteiger partial charge on any atom is 0.309 e. The first-order valence-electron chi connectivity index (χ1n) is 14.5. The lowest BCUT2D eigenvalue weighted by Gasteiger charge is -2.54. The summed E-state index contributed by atoms with van der Waals surface area (Å²) in [5.74, 6) is 2.54. The molecule has 0 aromatic carbocycles. The maximum absolute atomic E-state index is 13.7. The zero-order chi connectivity index (χ0) is 26.2. The fourth-order valence-corrected chi connectivity index (χ4v) is 8.48. The van der Waals surface area contributed by atoms with Crippen LogP contribution in [0.4, 0.5) is 0 Å². The Labute approximate surface area is 215 Å². The molecule has 8 atom stereocenters. The number of ether oxygens (including phenoxy) is 2. The highest BCUT2D eigenvalue weighted by Crippen LogP contribution is 2.64.